The van der Waals surface area contributed by atoms with Crippen molar-refractivity contribution < 1.29 is 4.79 Å². The third-order valence-electron chi connectivity index (χ3n) is 4.23. The average molecular weight is 236 g/mol. The Morgan fingerprint density at radius 2 is 2.06 bits per heavy atom. The van der Waals surface area contributed by atoms with Crippen molar-refractivity contribution in [2.75, 3.05) is 0 Å². The summed E-state index contributed by atoms with van der Waals surface area (Å²) in [6.45, 7) is 8.26. The van der Waals surface area contributed by atoms with E-state index in [0.717, 1.165) is 25.7 Å². The van der Waals surface area contributed by atoms with Gasteiger partial charge in [-0.1, -0.05) is 39.2 Å². The Bertz CT molecular complexity index is 252. The van der Waals surface area contributed by atoms with Gasteiger partial charge in [-0.25, -0.2) is 0 Å². The van der Waals surface area contributed by atoms with Crippen LogP contribution in [0.3, 0.4) is 0 Å². The molecule has 0 aromatic carbocycles. The molecule has 0 aromatic rings. The molecule has 0 amide bonds. The van der Waals surface area contributed by atoms with Crippen LogP contribution in [-0.2, 0) is 4.79 Å². The standard InChI is InChI=1S/C16H28O/c1-4-5-6-7-8-12-15(17)14-11-9-10-13-16(14,2)3/h4,14H,1,5-13H2,2-3H3. The van der Waals surface area contributed by atoms with E-state index >= 15 is 0 Å². The van der Waals surface area contributed by atoms with Crippen LogP contribution in [0.5, 0.6) is 0 Å². The monoisotopic (exact) mass is 236 g/mol. The summed E-state index contributed by atoms with van der Waals surface area (Å²) in [7, 11) is 0. The van der Waals surface area contributed by atoms with Crippen LogP contribution >= 0.6 is 0 Å². The zero-order valence-corrected chi connectivity index (χ0v) is 11.6. The van der Waals surface area contributed by atoms with Gasteiger partial charge in [0.15, 0.2) is 0 Å². The van der Waals surface area contributed by atoms with Crippen LogP contribution in [0.25, 0.3) is 0 Å². The number of hydrogen-bond donors (Lipinski definition) is 0. The van der Waals surface area contributed by atoms with Crippen LogP contribution in [0.1, 0.15) is 71.6 Å². The van der Waals surface area contributed by atoms with E-state index in [4.69, 9.17) is 0 Å². The number of hydrogen-bond acceptors (Lipinski definition) is 1. The summed E-state index contributed by atoms with van der Waals surface area (Å²) in [4.78, 5) is 12.2. The molecular formula is C16H28O. The summed E-state index contributed by atoms with van der Waals surface area (Å²) >= 11 is 0. The maximum absolute atomic E-state index is 12.2. The van der Waals surface area contributed by atoms with Crippen LogP contribution < -0.4 is 0 Å². The number of unbranched alkanes of at least 4 members (excludes halogenated alkanes) is 3. The van der Waals surface area contributed by atoms with E-state index in [2.05, 4.69) is 20.4 Å². The maximum Gasteiger partial charge on any atom is 0.136 e. The molecule has 0 saturated heterocycles. The van der Waals surface area contributed by atoms with Gasteiger partial charge in [0.2, 0.25) is 0 Å². The summed E-state index contributed by atoms with van der Waals surface area (Å²) in [6.07, 6.45) is 12.2. The van der Waals surface area contributed by atoms with Crippen LogP contribution in [0.4, 0.5) is 0 Å². The lowest BCUT2D eigenvalue weighted by Crippen LogP contribution is -2.33. The highest BCUT2D eigenvalue weighted by atomic mass is 16.1. The van der Waals surface area contributed by atoms with E-state index in [-0.39, 0.29) is 5.41 Å². The van der Waals surface area contributed by atoms with E-state index in [9.17, 15) is 4.79 Å². The molecule has 0 bridgehead atoms. The summed E-state index contributed by atoms with van der Waals surface area (Å²) in [6, 6.07) is 0. The number of carbonyl (C=O) groups is 1. The van der Waals surface area contributed by atoms with E-state index < -0.39 is 0 Å². The number of carbonyl (C=O) groups excluding carboxylic acids is 1. The second-order valence-electron chi connectivity index (χ2n) is 6.14. The highest BCUT2D eigenvalue weighted by Crippen LogP contribution is 2.41. The molecule has 1 fully saturated rings. The molecule has 1 atom stereocenters. The van der Waals surface area contributed by atoms with Gasteiger partial charge in [-0.2, -0.15) is 0 Å². The van der Waals surface area contributed by atoms with Crippen molar-refractivity contribution in [1.29, 1.82) is 0 Å². The van der Waals surface area contributed by atoms with Gasteiger partial charge in [-0.15, -0.1) is 6.58 Å². The topological polar surface area (TPSA) is 17.1 Å². The fourth-order valence-electron chi connectivity index (χ4n) is 3.03. The molecular weight excluding hydrogens is 208 g/mol. The highest BCUT2D eigenvalue weighted by Gasteiger charge is 2.36. The molecule has 1 aliphatic rings. The van der Waals surface area contributed by atoms with Gasteiger partial charge in [0.25, 0.3) is 0 Å². The second-order valence-corrected chi connectivity index (χ2v) is 6.14. The second kappa shape index (κ2) is 6.98. The van der Waals surface area contributed by atoms with Gasteiger partial charge in [-0.05, 0) is 37.5 Å². The fraction of sp³-hybridized carbons (Fsp3) is 0.812. The molecule has 0 heterocycles. The Morgan fingerprint density at radius 3 is 2.71 bits per heavy atom. The van der Waals surface area contributed by atoms with Crippen LogP contribution in [0.2, 0.25) is 0 Å². The summed E-state index contributed by atoms with van der Waals surface area (Å²) in [5.41, 5.74) is 0.246. The van der Waals surface area contributed by atoms with Crippen molar-refractivity contribution in [3.63, 3.8) is 0 Å². The maximum atomic E-state index is 12.2. The minimum Gasteiger partial charge on any atom is -0.299 e. The normalized spacial score (nSPS) is 23.3. The minimum absolute atomic E-state index is 0.246. The van der Waals surface area contributed by atoms with Crippen molar-refractivity contribution in [1.82, 2.24) is 0 Å². The van der Waals surface area contributed by atoms with Gasteiger partial charge in [-0.3, -0.25) is 4.79 Å². The smallest absolute Gasteiger partial charge is 0.136 e. The Hall–Kier alpha value is -0.590. The van der Waals surface area contributed by atoms with Gasteiger partial charge in [0.05, 0.1) is 0 Å². The van der Waals surface area contributed by atoms with Gasteiger partial charge in [0, 0.05) is 12.3 Å². The van der Waals surface area contributed by atoms with Crippen molar-refractivity contribution in [2.24, 2.45) is 11.3 Å². The van der Waals surface area contributed by atoms with Gasteiger partial charge < -0.3 is 0 Å². The lowest BCUT2D eigenvalue weighted by molar-refractivity contribution is -0.128. The molecule has 1 heteroatoms. The van der Waals surface area contributed by atoms with Crippen LogP contribution in [-0.4, -0.2) is 5.78 Å². The SMILES string of the molecule is C=CCCCCCC(=O)C1CCCCC1(C)C. The van der Waals surface area contributed by atoms with Gasteiger partial charge in [0.1, 0.15) is 5.78 Å². The number of Topliss-reactive ketones (excluding diaryl/α,β-unsaturated/α-hetero) is 1. The van der Waals surface area contributed by atoms with Crippen molar-refractivity contribution in [3.05, 3.63) is 12.7 Å². The van der Waals surface area contributed by atoms with Crippen molar-refractivity contribution in [2.45, 2.75) is 71.6 Å². The first-order valence-electron chi connectivity index (χ1n) is 7.21. The zero-order valence-electron chi connectivity index (χ0n) is 11.6. The molecule has 0 spiro atoms. The van der Waals surface area contributed by atoms with Crippen molar-refractivity contribution >= 4 is 5.78 Å². The van der Waals surface area contributed by atoms with E-state index in [1.807, 2.05) is 6.08 Å². The quantitative estimate of drug-likeness (QED) is 0.453. The third kappa shape index (κ3) is 4.65. The Labute approximate surface area is 107 Å². The van der Waals surface area contributed by atoms with Crippen molar-refractivity contribution in [3.8, 4) is 0 Å². The predicted molar refractivity (Wildman–Crippen MR) is 74.0 cm³/mol. The molecule has 1 aliphatic carbocycles. The molecule has 0 radical (unpaired) electrons. The number of allylic oxidation sites excluding steroid dienone is 1. The molecule has 1 nitrogen and oxygen atoms in total. The lowest BCUT2D eigenvalue weighted by Gasteiger charge is -2.37. The number of ketones is 1. The molecule has 98 valence electrons. The molecule has 1 unspecified atom stereocenters. The van der Waals surface area contributed by atoms with Crippen LogP contribution in [0.15, 0.2) is 12.7 Å². The Kier molecular flexibility index (Phi) is 5.94. The summed E-state index contributed by atoms with van der Waals surface area (Å²) < 4.78 is 0. The molecule has 0 aromatic heterocycles. The molecule has 17 heavy (non-hydrogen) atoms. The molecule has 0 N–H and O–H groups in total. The van der Waals surface area contributed by atoms with Crippen LogP contribution in [0, 0.1) is 11.3 Å². The van der Waals surface area contributed by atoms with Gasteiger partial charge >= 0.3 is 0 Å². The Morgan fingerprint density at radius 1 is 1.29 bits per heavy atom. The first kappa shape index (κ1) is 14.5. The fourth-order valence-corrected chi connectivity index (χ4v) is 3.03. The third-order valence-corrected chi connectivity index (χ3v) is 4.23. The molecule has 1 rings (SSSR count). The van der Waals surface area contributed by atoms with E-state index in [0.29, 0.717) is 11.7 Å². The molecule has 0 aliphatic heterocycles. The average Bonchev–Trinajstić information content (AvgIpc) is 2.28. The highest BCUT2D eigenvalue weighted by molar-refractivity contribution is 5.81. The van der Waals surface area contributed by atoms with E-state index in [1.165, 1.54) is 32.1 Å². The summed E-state index contributed by atoms with van der Waals surface area (Å²) in [5.74, 6) is 0.851. The minimum atomic E-state index is 0.246. The predicted octanol–water partition coefficient (Wildman–Crippen LogP) is 4.91. The number of rotatable bonds is 7. The van der Waals surface area contributed by atoms with E-state index in [1.54, 1.807) is 0 Å². The first-order valence-corrected chi connectivity index (χ1v) is 7.21. The molecule has 1 saturated carbocycles. The Balaban J connectivity index is 2.28. The summed E-state index contributed by atoms with van der Waals surface area (Å²) in [5, 5.41) is 0. The first-order chi connectivity index (χ1) is 8.08. The lowest BCUT2D eigenvalue weighted by atomic mass is 9.66. The largest absolute Gasteiger partial charge is 0.299 e. The zero-order chi connectivity index (χ0) is 12.7.